The number of piperazine rings is 1. The highest BCUT2D eigenvalue weighted by Gasteiger charge is 2.24. The molecule has 1 heterocycles. The van der Waals surface area contributed by atoms with Crippen molar-refractivity contribution in [2.75, 3.05) is 31.6 Å². The van der Waals surface area contributed by atoms with Crippen LogP contribution in [0.1, 0.15) is 32.3 Å². The van der Waals surface area contributed by atoms with E-state index in [0.717, 1.165) is 50.1 Å². The Morgan fingerprint density at radius 1 is 1.33 bits per heavy atom. The smallest absolute Gasteiger partial charge is 0.123 e. The molecule has 1 aliphatic heterocycles. The molecule has 2 atom stereocenters. The van der Waals surface area contributed by atoms with Gasteiger partial charge in [-0.25, -0.2) is 4.39 Å². The van der Waals surface area contributed by atoms with Gasteiger partial charge < -0.3 is 10.6 Å². The Kier molecular flexibility index (Phi) is 5.59. The molecule has 2 unspecified atom stereocenters. The summed E-state index contributed by atoms with van der Waals surface area (Å²) in [6.45, 7) is 7.35. The molecule has 0 aliphatic carbocycles. The zero-order valence-electron chi connectivity index (χ0n) is 13.5. The van der Waals surface area contributed by atoms with Crippen molar-refractivity contribution in [1.29, 1.82) is 0 Å². The predicted octanol–water partition coefficient (Wildman–Crippen LogP) is 2.64. The molecule has 0 bridgehead atoms. The lowest BCUT2D eigenvalue weighted by molar-refractivity contribution is 0.213. The maximum Gasteiger partial charge on any atom is 0.123 e. The number of benzene rings is 1. The van der Waals surface area contributed by atoms with Crippen LogP contribution in [0.3, 0.4) is 0 Å². The molecule has 1 aromatic carbocycles. The van der Waals surface area contributed by atoms with E-state index in [4.69, 9.17) is 5.73 Å². The van der Waals surface area contributed by atoms with Crippen molar-refractivity contribution in [3.63, 3.8) is 0 Å². The molecule has 3 nitrogen and oxygen atoms in total. The van der Waals surface area contributed by atoms with Crippen LogP contribution >= 0.6 is 0 Å². The third-order valence-electron chi connectivity index (χ3n) is 4.64. The van der Waals surface area contributed by atoms with Gasteiger partial charge in [0.25, 0.3) is 0 Å². The SMILES string of the molecule is CCC(N)Cc1cc(F)ccc1N1CCN(C)C(CC)C1. The topological polar surface area (TPSA) is 32.5 Å². The summed E-state index contributed by atoms with van der Waals surface area (Å²) in [6, 6.07) is 5.81. The fraction of sp³-hybridized carbons (Fsp3) is 0.647. The van der Waals surface area contributed by atoms with Gasteiger partial charge in [-0.2, -0.15) is 0 Å². The van der Waals surface area contributed by atoms with Gasteiger partial charge in [0.05, 0.1) is 0 Å². The van der Waals surface area contributed by atoms with Crippen molar-refractivity contribution in [1.82, 2.24) is 4.90 Å². The predicted molar refractivity (Wildman–Crippen MR) is 87.3 cm³/mol. The average Bonchev–Trinajstić information content (AvgIpc) is 2.48. The number of nitrogens with two attached hydrogens (primary N) is 1. The second-order valence-electron chi connectivity index (χ2n) is 6.13. The molecule has 2 N–H and O–H groups in total. The van der Waals surface area contributed by atoms with E-state index in [1.807, 2.05) is 6.07 Å². The Hall–Kier alpha value is -1.13. The minimum absolute atomic E-state index is 0.0972. The first-order chi connectivity index (χ1) is 10.0. The summed E-state index contributed by atoms with van der Waals surface area (Å²) in [6.07, 6.45) is 2.79. The molecule has 118 valence electrons. The van der Waals surface area contributed by atoms with E-state index < -0.39 is 0 Å². The molecule has 1 aromatic rings. The van der Waals surface area contributed by atoms with Crippen LogP contribution < -0.4 is 10.6 Å². The third-order valence-corrected chi connectivity index (χ3v) is 4.64. The van der Waals surface area contributed by atoms with Gasteiger partial charge in [-0.1, -0.05) is 13.8 Å². The van der Waals surface area contributed by atoms with Crippen LogP contribution in [0.4, 0.5) is 10.1 Å². The molecule has 0 radical (unpaired) electrons. The summed E-state index contributed by atoms with van der Waals surface area (Å²) in [5, 5.41) is 0. The Morgan fingerprint density at radius 2 is 2.10 bits per heavy atom. The molecule has 1 fully saturated rings. The van der Waals surface area contributed by atoms with Gasteiger partial charge in [0.1, 0.15) is 5.82 Å². The quantitative estimate of drug-likeness (QED) is 0.906. The van der Waals surface area contributed by atoms with Crippen molar-refractivity contribution in [2.45, 2.75) is 45.2 Å². The lowest BCUT2D eigenvalue weighted by Gasteiger charge is -2.41. The summed E-state index contributed by atoms with van der Waals surface area (Å²) < 4.78 is 13.6. The summed E-state index contributed by atoms with van der Waals surface area (Å²) >= 11 is 0. The first-order valence-electron chi connectivity index (χ1n) is 8.04. The van der Waals surface area contributed by atoms with E-state index in [1.165, 1.54) is 0 Å². The maximum atomic E-state index is 13.6. The molecule has 1 saturated heterocycles. The fourth-order valence-corrected chi connectivity index (χ4v) is 3.06. The number of rotatable bonds is 5. The highest BCUT2D eigenvalue weighted by Crippen LogP contribution is 2.26. The van der Waals surface area contributed by atoms with Gasteiger partial charge >= 0.3 is 0 Å². The van der Waals surface area contributed by atoms with E-state index in [9.17, 15) is 4.39 Å². The molecule has 0 spiro atoms. The summed E-state index contributed by atoms with van der Waals surface area (Å²) in [5.74, 6) is -0.168. The molecule has 0 amide bonds. The highest BCUT2D eigenvalue weighted by molar-refractivity contribution is 5.54. The summed E-state index contributed by atoms with van der Waals surface area (Å²) in [4.78, 5) is 4.81. The average molecular weight is 293 g/mol. The third kappa shape index (κ3) is 3.95. The van der Waals surface area contributed by atoms with Gasteiger partial charge in [-0.05, 0) is 50.1 Å². The van der Waals surface area contributed by atoms with Gasteiger partial charge in [0.2, 0.25) is 0 Å². The van der Waals surface area contributed by atoms with E-state index in [-0.39, 0.29) is 11.9 Å². The van der Waals surface area contributed by atoms with Gasteiger partial charge in [0, 0.05) is 37.4 Å². The van der Waals surface area contributed by atoms with Crippen LogP contribution in [0, 0.1) is 5.82 Å². The molecule has 0 aromatic heterocycles. The fourth-order valence-electron chi connectivity index (χ4n) is 3.06. The highest BCUT2D eigenvalue weighted by atomic mass is 19.1. The normalized spacial score (nSPS) is 21.6. The van der Waals surface area contributed by atoms with E-state index in [2.05, 4.69) is 30.7 Å². The van der Waals surface area contributed by atoms with Crippen LogP contribution in [0.5, 0.6) is 0 Å². The lowest BCUT2D eigenvalue weighted by Crippen LogP contribution is -2.51. The van der Waals surface area contributed by atoms with Crippen LogP contribution in [-0.4, -0.2) is 43.7 Å². The first-order valence-corrected chi connectivity index (χ1v) is 8.04. The number of nitrogens with zero attached hydrogens (tertiary/aromatic N) is 2. The number of halogens is 1. The Labute approximate surface area is 127 Å². The van der Waals surface area contributed by atoms with E-state index in [0.29, 0.717) is 6.04 Å². The van der Waals surface area contributed by atoms with E-state index in [1.54, 1.807) is 12.1 Å². The largest absolute Gasteiger partial charge is 0.368 e. The number of likely N-dealkylation sites (N-methyl/N-ethyl adjacent to an activating group) is 1. The van der Waals surface area contributed by atoms with Crippen LogP contribution in [0.2, 0.25) is 0 Å². The van der Waals surface area contributed by atoms with E-state index >= 15 is 0 Å². The van der Waals surface area contributed by atoms with Crippen molar-refractivity contribution in [2.24, 2.45) is 5.73 Å². The standard InChI is InChI=1S/C17H28FN3/c1-4-15(19)11-13-10-14(18)6-7-17(13)21-9-8-20(3)16(5-2)12-21/h6-7,10,15-16H,4-5,8-9,11-12,19H2,1-3H3. The molecule has 1 aliphatic rings. The van der Waals surface area contributed by atoms with Gasteiger partial charge in [-0.15, -0.1) is 0 Å². The number of anilines is 1. The number of hydrogen-bond donors (Lipinski definition) is 1. The molecule has 2 rings (SSSR count). The van der Waals surface area contributed by atoms with Crippen molar-refractivity contribution < 1.29 is 4.39 Å². The van der Waals surface area contributed by atoms with Crippen LogP contribution in [0.25, 0.3) is 0 Å². The monoisotopic (exact) mass is 293 g/mol. The van der Waals surface area contributed by atoms with Gasteiger partial charge in [0.15, 0.2) is 0 Å². The van der Waals surface area contributed by atoms with Crippen molar-refractivity contribution >= 4 is 5.69 Å². The molecular weight excluding hydrogens is 265 g/mol. The van der Waals surface area contributed by atoms with Gasteiger partial charge in [-0.3, -0.25) is 4.90 Å². The summed E-state index contributed by atoms with van der Waals surface area (Å²) in [5.41, 5.74) is 8.28. The Balaban J connectivity index is 2.22. The Bertz CT molecular complexity index is 463. The Morgan fingerprint density at radius 3 is 2.76 bits per heavy atom. The summed E-state index contributed by atoms with van der Waals surface area (Å²) in [7, 11) is 2.18. The molecular formula is C17H28FN3. The van der Waals surface area contributed by atoms with Crippen LogP contribution in [0.15, 0.2) is 18.2 Å². The lowest BCUT2D eigenvalue weighted by atomic mass is 10.0. The first kappa shape index (κ1) is 16.2. The van der Waals surface area contributed by atoms with Crippen molar-refractivity contribution in [3.8, 4) is 0 Å². The second kappa shape index (κ2) is 7.23. The second-order valence-corrected chi connectivity index (χ2v) is 6.13. The zero-order chi connectivity index (χ0) is 15.4. The minimum atomic E-state index is -0.168. The number of hydrogen-bond acceptors (Lipinski definition) is 3. The molecule has 4 heteroatoms. The zero-order valence-corrected chi connectivity index (χ0v) is 13.5. The maximum absolute atomic E-state index is 13.6. The van der Waals surface area contributed by atoms with Crippen LogP contribution in [-0.2, 0) is 6.42 Å². The minimum Gasteiger partial charge on any atom is -0.368 e. The van der Waals surface area contributed by atoms with Crippen molar-refractivity contribution in [3.05, 3.63) is 29.6 Å². The molecule has 21 heavy (non-hydrogen) atoms. The molecule has 0 saturated carbocycles.